The molecule has 2 unspecified atom stereocenters. The van der Waals surface area contributed by atoms with Crippen LogP contribution < -0.4 is 11.5 Å². The first-order valence-electron chi connectivity index (χ1n) is 5.18. The van der Waals surface area contributed by atoms with E-state index in [0.29, 0.717) is 0 Å². The van der Waals surface area contributed by atoms with Gasteiger partial charge in [-0.15, -0.1) is 0 Å². The van der Waals surface area contributed by atoms with Gasteiger partial charge >= 0.3 is 12.2 Å². The molecule has 0 aromatic heterocycles. The number of rotatable bonds is 4. The second-order valence-corrected chi connectivity index (χ2v) is 3.67. The van der Waals surface area contributed by atoms with Crippen LogP contribution in [0.3, 0.4) is 0 Å². The molecule has 4 N–H and O–H groups in total. The lowest BCUT2D eigenvalue weighted by Crippen LogP contribution is -2.31. The summed E-state index contributed by atoms with van der Waals surface area (Å²) in [6, 6.07) is 2.54. The zero-order valence-corrected chi connectivity index (χ0v) is 9.93. The maximum atomic E-state index is 13.6. The number of hydrogen-bond donors (Lipinski definition) is 2. The second kappa shape index (κ2) is 5.98. The Labute approximate surface area is 107 Å². The molecule has 0 aliphatic carbocycles. The number of carbonyl (C=O) groups is 2. The van der Waals surface area contributed by atoms with Crippen molar-refractivity contribution < 1.29 is 27.8 Å². The van der Waals surface area contributed by atoms with Gasteiger partial charge in [0, 0.05) is 5.56 Å². The third kappa shape index (κ3) is 4.09. The summed E-state index contributed by atoms with van der Waals surface area (Å²) in [5.41, 5.74) is 9.33. The molecule has 0 bridgehead atoms. The summed E-state index contributed by atoms with van der Waals surface area (Å²) in [6.07, 6.45) is -4.92. The van der Waals surface area contributed by atoms with E-state index in [1.54, 1.807) is 0 Å². The molecule has 0 spiro atoms. The summed E-state index contributed by atoms with van der Waals surface area (Å²) in [5, 5.41) is 0. The monoisotopic (exact) mass is 274 g/mol. The van der Waals surface area contributed by atoms with Crippen LogP contribution in [0.5, 0.6) is 0 Å². The first-order valence-corrected chi connectivity index (χ1v) is 5.18. The van der Waals surface area contributed by atoms with Gasteiger partial charge in [-0.1, -0.05) is 0 Å². The van der Waals surface area contributed by atoms with Crippen molar-refractivity contribution in [1.82, 2.24) is 0 Å². The van der Waals surface area contributed by atoms with Crippen LogP contribution in [-0.4, -0.2) is 18.3 Å². The van der Waals surface area contributed by atoms with Crippen molar-refractivity contribution in [3.05, 3.63) is 35.4 Å². The van der Waals surface area contributed by atoms with Crippen molar-refractivity contribution in [2.75, 3.05) is 0 Å². The van der Waals surface area contributed by atoms with Gasteiger partial charge in [-0.25, -0.2) is 18.4 Å². The molecule has 2 atom stereocenters. The normalized spacial score (nSPS) is 13.4. The van der Waals surface area contributed by atoms with Gasteiger partial charge in [-0.05, 0) is 25.1 Å². The van der Waals surface area contributed by atoms with Crippen molar-refractivity contribution in [2.24, 2.45) is 11.5 Å². The Kier molecular flexibility index (Phi) is 4.62. The van der Waals surface area contributed by atoms with Gasteiger partial charge in [0.15, 0.2) is 6.10 Å². The molecule has 0 saturated carbocycles. The lowest BCUT2D eigenvalue weighted by molar-refractivity contribution is 0.00240. The van der Waals surface area contributed by atoms with Gasteiger partial charge in [0.2, 0.25) is 0 Å². The molecule has 0 aliphatic rings. The highest BCUT2D eigenvalue weighted by atomic mass is 19.1. The summed E-state index contributed by atoms with van der Waals surface area (Å²) < 4.78 is 35.9. The minimum absolute atomic E-state index is 0.312. The maximum absolute atomic E-state index is 13.6. The number of hydrogen-bond acceptors (Lipinski definition) is 4. The van der Waals surface area contributed by atoms with Gasteiger partial charge in [0.25, 0.3) is 0 Å². The zero-order chi connectivity index (χ0) is 14.6. The van der Waals surface area contributed by atoms with Crippen LogP contribution in [0.2, 0.25) is 0 Å². The Morgan fingerprint density at radius 2 is 1.74 bits per heavy atom. The Hall–Kier alpha value is -2.38. The van der Waals surface area contributed by atoms with E-state index in [1.165, 1.54) is 6.92 Å². The average molecular weight is 274 g/mol. The van der Waals surface area contributed by atoms with E-state index in [2.05, 4.69) is 9.47 Å². The van der Waals surface area contributed by atoms with Gasteiger partial charge < -0.3 is 20.9 Å². The number of amides is 2. The lowest BCUT2D eigenvalue weighted by atomic mass is 10.0. The summed E-state index contributed by atoms with van der Waals surface area (Å²) in [6.45, 7) is 1.29. The molecule has 1 rings (SSSR count). The van der Waals surface area contributed by atoms with Crippen molar-refractivity contribution in [3.8, 4) is 0 Å². The topological polar surface area (TPSA) is 105 Å². The number of halogens is 2. The molecular formula is C11H12F2N2O4. The molecular weight excluding hydrogens is 262 g/mol. The van der Waals surface area contributed by atoms with Crippen LogP contribution in [0.4, 0.5) is 18.4 Å². The van der Waals surface area contributed by atoms with E-state index in [0.717, 1.165) is 18.2 Å². The standard InChI is InChI=1S/C11H12F2N2O4/c1-5(18-10(14)16)9(19-11(15)17)7-4-6(12)2-3-8(7)13/h2-5,9H,1H3,(H2,14,16)(H2,15,17). The first kappa shape index (κ1) is 14.7. The smallest absolute Gasteiger partial charge is 0.405 e. The van der Waals surface area contributed by atoms with Crippen molar-refractivity contribution in [3.63, 3.8) is 0 Å². The molecule has 0 saturated heterocycles. The Bertz CT molecular complexity index is 496. The molecule has 8 heteroatoms. The summed E-state index contributed by atoms with van der Waals surface area (Å²) in [5.74, 6) is -1.59. The summed E-state index contributed by atoms with van der Waals surface area (Å²) in [7, 11) is 0. The molecule has 0 radical (unpaired) electrons. The minimum atomic E-state index is -1.40. The van der Waals surface area contributed by atoms with Crippen LogP contribution in [0.15, 0.2) is 18.2 Å². The predicted octanol–water partition coefficient (Wildman–Crippen LogP) is 1.58. The summed E-state index contributed by atoms with van der Waals surface area (Å²) >= 11 is 0. The van der Waals surface area contributed by atoms with E-state index < -0.39 is 36.0 Å². The predicted molar refractivity (Wildman–Crippen MR) is 59.9 cm³/mol. The third-order valence-electron chi connectivity index (χ3n) is 2.24. The van der Waals surface area contributed by atoms with E-state index >= 15 is 0 Å². The van der Waals surface area contributed by atoms with E-state index in [4.69, 9.17) is 11.5 Å². The Morgan fingerprint density at radius 3 is 2.26 bits per heavy atom. The molecule has 0 fully saturated rings. The van der Waals surface area contributed by atoms with Crippen LogP contribution in [-0.2, 0) is 9.47 Å². The minimum Gasteiger partial charge on any atom is -0.442 e. The van der Waals surface area contributed by atoms with Crippen LogP contribution >= 0.6 is 0 Å². The highest BCUT2D eigenvalue weighted by molar-refractivity contribution is 5.66. The lowest BCUT2D eigenvalue weighted by Gasteiger charge is -2.23. The fraction of sp³-hybridized carbons (Fsp3) is 0.273. The van der Waals surface area contributed by atoms with E-state index in [1.807, 2.05) is 0 Å². The number of nitrogens with two attached hydrogens (primary N) is 2. The van der Waals surface area contributed by atoms with Gasteiger partial charge in [-0.2, -0.15) is 0 Å². The van der Waals surface area contributed by atoms with Crippen molar-refractivity contribution in [2.45, 2.75) is 19.1 Å². The SMILES string of the molecule is CC(OC(N)=O)C(OC(N)=O)c1cc(F)ccc1F. The fourth-order valence-corrected chi connectivity index (χ4v) is 1.51. The molecule has 104 valence electrons. The molecule has 0 heterocycles. The van der Waals surface area contributed by atoms with Crippen LogP contribution in [0.1, 0.15) is 18.6 Å². The third-order valence-corrected chi connectivity index (χ3v) is 2.24. The van der Waals surface area contributed by atoms with Gasteiger partial charge in [0.1, 0.15) is 17.7 Å². The fourth-order valence-electron chi connectivity index (χ4n) is 1.51. The Morgan fingerprint density at radius 1 is 1.16 bits per heavy atom. The highest BCUT2D eigenvalue weighted by Crippen LogP contribution is 2.26. The molecule has 19 heavy (non-hydrogen) atoms. The zero-order valence-electron chi connectivity index (χ0n) is 9.93. The molecule has 1 aromatic rings. The molecule has 0 aliphatic heterocycles. The van der Waals surface area contributed by atoms with E-state index in [-0.39, 0.29) is 5.56 Å². The quantitative estimate of drug-likeness (QED) is 0.869. The molecule has 6 nitrogen and oxygen atoms in total. The number of ether oxygens (including phenoxy) is 2. The highest BCUT2D eigenvalue weighted by Gasteiger charge is 2.28. The van der Waals surface area contributed by atoms with Crippen LogP contribution in [0.25, 0.3) is 0 Å². The summed E-state index contributed by atoms with van der Waals surface area (Å²) in [4.78, 5) is 21.4. The number of benzene rings is 1. The van der Waals surface area contributed by atoms with E-state index in [9.17, 15) is 18.4 Å². The van der Waals surface area contributed by atoms with Gasteiger partial charge in [-0.3, -0.25) is 0 Å². The van der Waals surface area contributed by atoms with Crippen molar-refractivity contribution >= 4 is 12.2 Å². The largest absolute Gasteiger partial charge is 0.442 e. The second-order valence-electron chi connectivity index (χ2n) is 3.67. The molecule has 1 aromatic carbocycles. The van der Waals surface area contributed by atoms with Gasteiger partial charge in [0.05, 0.1) is 0 Å². The number of carbonyl (C=O) groups excluding carboxylic acids is 2. The molecule has 2 amide bonds. The number of primary amides is 2. The maximum Gasteiger partial charge on any atom is 0.405 e. The van der Waals surface area contributed by atoms with Crippen molar-refractivity contribution in [1.29, 1.82) is 0 Å². The average Bonchev–Trinajstić information content (AvgIpc) is 2.28. The first-order chi connectivity index (χ1) is 8.81. The Balaban J connectivity index is 3.11. The van der Waals surface area contributed by atoms with Crippen LogP contribution in [0, 0.1) is 11.6 Å².